The molecule has 3 aromatic heterocycles. The van der Waals surface area contributed by atoms with Gasteiger partial charge in [-0.05, 0) is 25.0 Å². The number of aromatic nitrogens is 4. The lowest BCUT2D eigenvalue weighted by Gasteiger charge is -2.31. The van der Waals surface area contributed by atoms with Gasteiger partial charge in [0.25, 0.3) is 5.56 Å². The molecule has 1 fully saturated rings. The molecule has 0 bridgehead atoms. The number of hydrogen-bond donors (Lipinski definition) is 1. The Morgan fingerprint density at radius 2 is 2.00 bits per heavy atom. The first-order valence-electron chi connectivity index (χ1n) is 11.1. The van der Waals surface area contributed by atoms with Crippen LogP contribution >= 0.6 is 0 Å². The third-order valence-electron chi connectivity index (χ3n) is 6.13. The van der Waals surface area contributed by atoms with Gasteiger partial charge in [0, 0.05) is 51.6 Å². The number of aromatic amines is 1. The number of nitrogens with zero attached hydrogens (tertiary/aromatic N) is 5. The van der Waals surface area contributed by atoms with Crippen LogP contribution in [0, 0.1) is 11.3 Å². The van der Waals surface area contributed by atoms with Crippen molar-refractivity contribution in [2.75, 3.05) is 26.2 Å². The molecule has 32 heavy (non-hydrogen) atoms. The highest BCUT2D eigenvalue weighted by molar-refractivity contribution is 6.76. The van der Waals surface area contributed by atoms with Crippen LogP contribution in [0.5, 0.6) is 0 Å². The zero-order chi connectivity index (χ0) is 22.9. The predicted octanol–water partition coefficient (Wildman–Crippen LogP) is 2.51. The molecule has 0 aromatic carbocycles. The fraction of sp³-hybridized carbons (Fsp3) is 0.545. The summed E-state index contributed by atoms with van der Waals surface area (Å²) in [4.78, 5) is 34.5. The van der Waals surface area contributed by atoms with Gasteiger partial charge in [-0.2, -0.15) is 5.26 Å². The molecular weight excluding hydrogens is 424 g/mol. The van der Waals surface area contributed by atoms with E-state index < -0.39 is 19.3 Å². The molecule has 0 unspecified atom stereocenters. The monoisotopic (exact) mass is 454 g/mol. The summed E-state index contributed by atoms with van der Waals surface area (Å²) in [5, 5.41) is 10.1. The van der Waals surface area contributed by atoms with Crippen LogP contribution in [0.25, 0.3) is 21.9 Å². The molecule has 0 amide bonds. The average Bonchev–Trinajstić information content (AvgIpc) is 3.15. The van der Waals surface area contributed by atoms with Crippen LogP contribution in [0.15, 0.2) is 28.0 Å². The summed E-state index contributed by atoms with van der Waals surface area (Å²) in [7, 11) is -1.17. The van der Waals surface area contributed by atoms with Gasteiger partial charge in [0.1, 0.15) is 12.4 Å². The minimum absolute atomic E-state index is 0.0428. The molecule has 1 saturated heterocycles. The van der Waals surface area contributed by atoms with E-state index in [0.717, 1.165) is 37.4 Å². The van der Waals surface area contributed by atoms with Crippen molar-refractivity contribution < 1.29 is 4.74 Å². The zero-order valence-corrected chi connectivity index (χ0v) is 19.9. The van der Waals surface area contributed by atoms with E-state index in [-0.39, 0.29) is 6.04 Å². The molecule has 9 nitrogen and oxygen atoms in total. The van der Waals surface area contributed by atoms with E-state index >= 15 is 0 Å². The Kier molecular flexibility index (Phi) is 6.32. The van der Waals surface area contributed by atoms with Crippen LogP contribution in [0.1, 0.15) is 18.9 Å². The lowest BCUT2D eigenvalue weighted by Crippen LogP contribution is -2.40. The minimum atomic E-state index is -1.17. The lowest BCUT2D eigenvalue weighted by molar-refractivity contribution is 0.0899. The van der Waals surface area contributed by atoms with Gasteiger partial charge in [0.15, 0.2) is 0 Å². The second-order valence-corrected chi connectivity index (χ2v) is 15.3. The Morgan fingerprint density at radius 3 is 2.69 bits per heavy atom. The Labute approximate surface area is 187 Å². The number of likely N-dealkylation sites (tertiary alicyclic amines) is 1. The van der Waals surface area contributed by atoms with E-state index in [1.165, 1.54) is 0 Å². The van der Waals surface area contributed by atoms with Gasteiger partial charge in [-0.1, -0.05) is 19.6 Å². The Balaban J connectivity index is 1.70. The summed E-state index contributed by atoms with van der Waals surface area (Å²) in [6, 6.07) is 5.14. The Hall–Kier alpha value is -2.74. The molecule has 1 N–H and O–H groups in total. The fourth-order valence-corrected chi connectivity index (χ4v) is 5.06. The summed E-state index contributed by atoms with van der Waals surface area (Å²) >= 11 is 0. The highest BCUT2D eigenvalue weighted by Gasteiger charge is 2.25. The van der Waals surface area contributed by atoms with E-state index in [9.17, 15) is 9.59 Å². The molecule has 3 aromatic rings. The van der Waals surface area contributed by atoms with E-state index in [1.807, 2.05) is 16.8 Å². The van der Waals surface area contributed by atoms with E-state index in [2.05, 4.69) is 40.6 Å². The van der Waals surface area contributed by atoms with Gasteiger partial charge < -0.3 is 9.30 Å². The van der Waals surface area contributed by atoms with Gasteiger partial charge in [-0.25, -0.2) is 9.78 Å². The number of piperidine rings is 1. The maximum Gasteiger partial charge on any atom is 0.329 e. The number of nitrogens with one attached hydrogen (secondary N) is 1. The van der Waals surface area contributed by atoms with Crippen LogP contribution in [0.2, 0.25) is 25.7 Å². The molecule has 170 valence electrons. The summed E-state index contributed by atoms with van der Waals surface area (Å²) in [5.74, 6) is 0. The smallest absolute Gasteiger partial charge is 0.329 e. The first-order valence-corrected chi connectivity index (χ1v) is 14.8. The fourth-order valence-electron chi connectivity index (χ4n) is 4.31. The van der Waals surface area contributed by atoms with Crippen LogP contribution in [0.4, 0.5) is 0 Å². The molecule has 10 heteroatoms. The number of nitriles is 1. The number of pyridine rings is 1. The van der Waals surface area contributed by atoms with Crippen molar-refractivity contribution in [2.45, 2.75) is 51.3 Å². The van der Waals surface area contributed by atoms with Crippen LogP contribution in [0.3, 0.4) is 0 Å². The number of ether oxygens (including phenoxy) is 1. The predicted molar refractivity (Wildman–Crippen MR) is 127 cm³/mol. The lowest BCUT2D eigenvalue weighted by atomic mass is 10.0. The Bertz CT molecular complexity index is 1270. The first-order chi connectivity index (χ1) is 15.3. The molecule has 0 atom stereocenters. The second kappa shape index (κ2) is 9.01. The molecule has 0 aliphatic carbocycles. The summed E-state index contributed by atoms with van der Waals surface area (Å²) < 4.78 is 9.54. The number of H-pyrrole nitrogens is 1. The van der Waals surface area contributed by atoms with Gasteiger partial charge in [0.05, 0.1) is 23.5 Å². The van der Waals surface area contributed by atoms with Crippen molar-refractivity contribution >= 4 is 30.0 Å². The largest absolute Gasteiger partial charge is 0.361 e. The van der Waals surface area contributed by atoms with Gasteiger partial charge in [-0.15, -0.1) is 0 Å². The third-order valence-corrected chi connectivity index (χ3v) is 7.83. The summed E-state index contributed by atoms with van der Waals surface area (Å²) in [5.41, 5.74) is 0.513. The van der Waals surface area contributed by atoms with Crippen LogP contribution in [-0.4, -0.2) is 58.3 Å². The van der Waals surface area contributed by atoms with Crippen molar-refractivity contribution in [3.05, 3.63) is 39.3 Å². The van der Waals surface area contributed by atoms with Crippen molar-refractivity contribution in [3.8, 4) is 6.07 Å². The van der Waals surface area contributed by atoms with Crippen molar-refractivity contribution in [3.63, 3.8) is 0 Å². The van der Waals surface area contributed by atoms with E-state index in [1.54, 1.807) is 10.8 Å². The van der Waals surface area contributed by atoms with E-state index in [4.69, 9.17) is 10.00 Å². The molecule has 1 aliphatic rings. The van der Waals surface area contributed by atoms with Crippen LogP contribution < -0.4 is 11.2 Å². The zero-order valence-electron chi connectivity index (χ0n) is 18.9. The quantitative estimate of drug-likeness (QED) is 0.334. The van der Waals surface area contributed by atoms with Crippen molar-refractivity contribution in [2.24, 2.45) is 0 Å². The average molecular weight is 455 g/mol. The summed E-state index contributed by atoms with van der Waals surface area (Å²) in [6.07, 6.45) is 4.94. The van der Waals surface area contributed by atoms with Gasteiger partial charge in [0.2, 0.25) is 0 Å². The van der Waals surface area contributed by atoms with E-state index in [0.29, 0.717) is 36.4 Å². The van der Waals surface area contributed by atoms with Crippen LogP contribution in [-0.2, 0) is 11.5 Å². The molecule has 0 spiro atoms. The van der Waals surface area contributed by atoms with Crippen molar-refractivity contribution in [1.82, 2.24) is 24.0 Å². The molecule has 0 radical (unpaired) electrons. The maximum atomic E-state index is 12.9. The normalized spacial score (nSPS) is 16.1. The molecule has 4 rings (SSSR count). The Morgan fingerprint density at radius 1 is 1.25 bits per heavy atom. The van der Waals surface area contributed by atoms with Gasteiger partial charge in [-0.3, -0.25) is 19.2 Å². The first kappa shape index (κ1) is 22.5. The SMILES string of the molecule is C[Si](C)(C)CCOCn1ccc2c1ncc1c(=O)[nH]c(=O)n(C3CCN(CC#N)CC3)c12. The highest BCUT2D eigenvalue weighted by atomic mass is 28.3. The highest BCUT2D eigenvalue weighted by Crippen LogP contribution is 2.28. The molecule has 4 heterocycles. The number of hydrogen-bond acceptors (Lipinski definition) is 6. The third kappa shape index (κ3) is 4.55. The molecule has 0 saturated carbocycles. The number of fused-ring (bicyclic) bond motifs is 3. The second-order valence-electron chi connectivity index (χ2n) is 9.69. The molecular formula is C22H30N6O3Si. The topological polar surface area (TPSA) is 109 Å². The molecule has 1 aliphatic heterocycles. The maximum absolute atomic E-state index is 12.9. The van der Waals surface area contributed by atoms with Gasteiger partial charge >= 0.3 is 5.69 Å². The number of rotatable bonds is 7. The van der Waals surface area contributed by atoms with Crippen molar-refractivity contribution in [1.29, 1.82) is 5.26 Å². The standard InChI is InChI=1S/C22H30N6O3Si/c1-32(2,3)13-12-31-15-27-10-6-17-19-18(14-24-20(17)27)21(29)25-22(30)28(19)16-4-8-26(9-5-16)11-7-23/h6,10,14,16H,4-5,8-9,11-13,15H2,1-3H3,(H,25,29,30). The minimum Gasteiger partial charge on any atom is -0.361 e. The summed E-state index contributed by atoms with van der Waals surface area (Å²) in [6.45, 7) is 9.91.